The molecule has 258 valence electrons. The smallest absolute Gasteiger partial charge is 0.306 e. The van der Waals surface area contributed by atoms with Crippen LogP contribution in [-0.4, -0.2) is 82.2 Å². The van der Waals surface area contributed by atoms with Crippen molar-refractivity contribution < 1.29 is 29.1 Å². The standard InChI is InChI=1S/C35H51N5O6S/c1-7-22(4)31(39-33(43)27-15-11-12-16-40(27)6)34(44)38-30(21(2)3)28(41)19-29-37-26(20-47-29)32(42)36-25(17-23(5)35(45)46)18-24-13-9-8-10-14-24/h8-10,13-14,20-23,25,27,30-31H,7,11-12,15-19H2,1-6H3,(H,36,42)(H,38,44)(H,39,43)(H,45,46). The van der Waals surface area contributed by atoms with Crippen molar-refractivity contribution in [2.24, 2.45) is 17.8 Å². The van der Waals surface area contributed by atoms with Crippen LogP contribution in [0, 0.1) is 17.8 Å². The Morgan fingerprint density at radius 3 is 2.32 bits per heavy atom. The average Bonchev–Trinajstić information content (AvgIpc) is 3.50. The summed E-state index contributed by atoms with van der Waals surface area (Å²) in [5.41, 5.74) is 1.12. The number of thiazole rings is 1. The van der Waals surface area contributed by atoms with Crippen LogP contribution in [0.15, 0.2) is 35.7 Å². The van der Waals surface area contributed by atoms with Crippen LogP contribution in [0.4, 0.5) is 0 Å². The molecule has 47 heavy (non-hydrogen) atoms. The summed E-state index contributed by atoms with van der Waals surface area (Å²) in [6, 6.07) is 7.23. The molecule has 4 N–H and O–H groups in total. The zero-order valence-electron chi connectivity index (χ0n) is 28.5. The van der Waals surface area contributed by atoms with Gasteiger partial charge in [0.15, 0.2) is 5.78 Å². The Morgan fingerprint density at radius 1 is 1.00 bits per heavy atom. The van der Waals surface area contributed by atoms with Gasteiger partial charge < -0.3 is 21.1 Å². The van der Waals surface area contributed by atoms with Crippen LogP contribution < -0.4 is 16.0 Å². The maximum Gasteiger partial charge on any atom is 0.306 e. The Kier molecular flexibility index (Phi) is 14.5. The van der Waals surface area contributed by atoms with Gasteiger partial charge in [0.05, 0.1) is 24.4 Å². The molecule has 1 saturated heterocycles. The number of benzene rings is 1. The minimum atomic E-state index is -0.937. The maximum absolute atomic E-state index is 13.6. The lowest BCUT2D eigenvalue weighted by molar-refractivity contribution is -0.141. The van der Waals surface area contributed by atoms with Gasteiger partial charge >= 0.3 is 5.97 Å². The fraction of sp³-hybridized carbons (Fsp3) is 0.600. The third-order valence-electron chi connectivity index (χ3n) is 9.01. The molecule has 0 radical (unpaired) electrons. The van der Waals surface area contributed by atoms with Crippen molar-refractivity contribution in [2.75, 3.05) is 13.6 Å². The van der Waals surface area contributed by atoms with E-state index in [0.717, 1.165) is 31.4 Å². The van der Waals surface area contributed by atoms with Crippen LogP contribution in [0.5, 0.6) is 0 Å². The molecule has 0 spiro atoms. The molecule has 6 atom stereocenters. The van der Waals surface area contributed by atoms with E-state index in [1.165, 1.54) is 11.3 Å². The van der Waals surface area contributed by atoms with Crippen LogP contribution in [0.1, 0.15) is 87.8 Å². The number of carboxylic acids is 1. The van der Waals surface area contributed by atoms with Crippen molar-refractivity contribution in [1.82, 2.24) is 25.8 Å². The Balaban J connectivity index is 1.66. The lowest BCUT2D eigenvalue weighted by Gasteiger charge is -2.34. The van der Waals surface area contributed by atoms with E-state index in [0.29, 0.717) is 17.8 Å². The van der Waals surface area contributed by atoms with E-state index in [9.17, 15) is 29.1 Å². The number of aromatic nitrogens is 1. The number of piperidine rings is 1. The van der Waals surface area contributed by atoms with Gasteiger partial charge in [-0.05, 0) is 56.7 Å². The summed E-state index contributed by atoms with van der Waals surface area (Å²) < 4.78 is 0. The van der Waals surface area contributed by atoms with Crippen LogP contribution in [-0.2, 0) is 32.0 Å². The first kappa shape index (κ1) is 37.8. The number of hydrogen-bond donors (Lipinski definition) is 4. The van der Waals surface area contributed by atoms with Crippen LogP contribution in [0.2, 0.25) is 0 Å². The number of carbonyl (C=O) groups is 5. The van der Waals surface area contributed by atoms with Crippen molar-refractivity contribution in [3.05, 3.63) is 52.0 Å². The molecule has 3 amide bonds. The number of hydrogen-bond acceptors (Lipinski definition) is 8. The topological polar surface area (TPSA) is 158 Å². The number of carbonyl (C=O) groups excluding carboxylic acids is 4. The first-order chi connectivity index (χ1) is 22.3. The van der Waals surface area contributed by atoms with Crippen molar-refractivity contribution in [2.45, 2.75) is 104 Å². The predicted octanol–water partition coefficient (Wildman–Crippen LogP) is 3.86. The third-order valence-corrected chi connectivity index (χ3v) is 9.86. The SMILES string of the molecule is CCC(C)C(NC(=O)C1CCCCN1C)C(=O)NC(C(=O)Cc1nc(C(=O)NC(Cc2ccccc2)CC(C)C(=O)O)cs1)C(C)C. The highest BCUT2D eigenvalue weighted by Crippen LogP contribution is 2.19. The first-order valence-corrected chi connectivity index (χ1v) is 17.5. The number of carboxylic acid groups (broad SMARTS) is 1. The molecular weight excluding hydrogens is 618 g/mol. The second-order valence-electron chi connectivity index (χ2n) is 13.2. The lowest BCUT2D eigenvalue weighted by Crippen LogP contribution is -2.58. The van der Waals surface area contributed by atoms with Crippen molar-refractivity contribution in [1.29, 1.82) is 0 Å². The van der Waals surface area contributed by atoms with Crippen molar-refractivity contribution >= 4 is 40.8 Å². The number of aliphatic carboxylic acids is 1. The summed E-state index contributed by atoms with van der Waals surface area (Å²) in [5.74, 6) is -3.20. The fourth-order valence-electron chi connectivity index (χ4n) is 5.85. The largest absolute Gasteiger partial charge is 0.481 e. The molecule has 12 heteroatoms. The Morgan fingerprint density at radius 2 is 1.70 bits per heavy atom. The van der Waals surface area contributed by atoms with Crippen molar-refractivity contribution in [3.8, 4) is 0 Å². The monoisotopic (exact) mass is 669 g/mol. The minimum absolute atomic E-state index is 0.0716. The Labute approximate surface area is 282 Å². The van der Waals surface area contributed by atoms with E-state index < -0.39 is 41.8 Å². The van der Waals surface area contributed by atoms with E-state index in [2.05, 4.69) is 20.9 Å². The number of rotatable bonds is 17. The van der Waals surface area contributed by atoms with Gasteiger partial charge in [-0.3, -0.25) is 28.9 Å². The highest BCUT2D eigenvalue weighted by molar-refractivity contribution is 7.10. The van der Waals surface area contributed by atoms with E-state index in [-0.39, 0.29) is 48.1 Å². The quantitative estimate of drug-likeness (QED) is 0.198. The predicted molar refractivity (Wildman–Crippen MR) is 182 cm³/mol. The summed E-state index contributed by atoms with van der Waals surface area (Å²) in [5, 5.41) is 20.3. The molecular formula is C35H51N5O6S. The number of likely N-dealkylation sites (N-methyl/N-ethyl adjacent to an activating group) is 1. The summed E-state index contributed by atoms with van der Waals surface area (Å²) >= 11 is 1.18. The third kappa shape index (κ3) is 11.2. The van der Waals surface area contributed by atoms with Gasteiger partial charge in [0.25, 0.3) is 5.91 Å². The van der Waals surface area contributed by atoms with Crippen LogP contribution in [0.3, 0.4) is 0 Å². The molecule has 0 aliphatic carbocycles. The van der Waals surface area contributed by atoms with Gasteiger partial charge in [-0.25, -0.2) is 4.98 Å². The maximum atomic E-state index is 13.6. The van der Waals surface area contributed by atoms with Crippen molar-refractivity contribution in [3.63, 3.8) is 0 Å². The van der Waals surface area contributed by atoms with Gasteiger partial charge in [0.1, 0.15) is 16.7 Å². The van der Waals surface area contributed by atoms with Gasteiger partial charge in [-0.15, -0.1) is 11.3 Å². The summed E-state index contributed by atoms with van der Waals surface area (Å²) in [7, 11) is 1.92. The zero-order chi connectivity index (χ0) is 34.7. The number of Topliss-reactive ketones (excluding diaryl/α,β-unsaturated/α-hetero) is 1. The summed E-state index contributed by atoms with van der Waals surface area (Å²) in [6.45, 7) is 10.0. The molecule has 1 aliphatic rings. The number of ketones is 1. The van der Waals surface area contributed by atoms with Gasteiger partial charge in [0.2, 0.25) is 11.8 Å². The molecule has 0 bridgehead atoms. The normalized spacial score (nSPS) is 18.4. The molecule has 2 aromatic rings. The zero-order valence-corrected chi connectivity index (χ0v) is 29.3. The molecule has 2 heterocycles. The van der Waals surface area contributed by atoms with Gasteiger partial charge in [0, 0.05) is 11.4 Å². The first-order valence-electron chi connectivity index (χ1n) is 16.7. The Hall–Kier alpha value is -3.64. The number of likely N-dealkylation sites (tertiary alicyclic amines) is 1. The molecule has 6 unspecified atom stereocenters. The lowest BCUT2D eigenvalue weighted by atomic mass is 9.94. The Bertz CT molecular complexity index is 1370. The van der Waals surface area contributed by atoms with Gasteiger partial charge in [-0.2, -0.15) is 0 Å². The summed E-state index contributed by atoms with van der Waals surface area (Å²) in [6.07, 6.45) is 4.06. The molecule has 1 fully saturated rings. The second-order valence-corrected chi connectivity index (χ2v) is 14.1. The molecule has 1 aromatic heterocycles. The van der Waals surface area contributed by atoms with Crippen LogP contribution in [0.25, 0.3) is 0 Å². The molecule has 1 aromatic carbocycles. The molecule has 0 saturated carbocycles. The highest BCUT2D eigenvalue weighted by atomic mass is 32.1. The highest BCUT2D eigenvalue weighted by Gasteiger charge is 2.34. The fourth-order valence-corrected chi connectivity index (χ4v) is 6.64. The van der Waals surface area contributed by atoms with Gasteiger partial charge in [-0.1, -0.05) is 77.8 Å². The van der Waals surface area contributed by atoms with Crippen LogP contribution >= 0.6 is 11.3 Å². The van der Waals surface area contributed by atoms with E-state index in [1.54, 1.807) is 12.3 Å². The molecule has 11 nitrogen and oxygen atoms in total. The number of nitrogens with one attached hydrogen (secondary N) is 3. The summed E-state index contributed by atoms with van der Waals surface area (Å²) in [4.78, 5) is 71.4. The molecule has 3 rings (SSSR count). The molecule has 1 aliphatic heterocycles. The minimum Gasteiger partial charge on any atom is -0.481 e. The number of nitrogens with zero attached hydrogens (tertiary/aromatic N) is 2. The number of amides is 3. The van der Waals surface area contributed by atoms with E-state index >= 15 is 0 Å². The van der Waals surface area contributed by atoms with E-state index in [4.69, 9.17) is 0 Å². The average molecular weight is 670 g/mol. The second kappa shape index (κ2) is 18.1. The van der Waals surface area contributed by atoms with E-state index in [1.807, 2.05) is 70.0 Å².